The quantitative estimate of drug-likeness (QED) is 0.219. The molecule has 43 heavy (non-hydrogen) atoms. The van der Waals surface area contributed by atoms with E-state index in [1.165, 1.54) is 21.7 Å². The highest BCUT2D eigenvalue weighted by molar-refractivity contribution is 6.04. The van der Waals surface area contributed by atoms with Gasteiger partial charge in [-0.05, 0) is 72.9 Å². The topological polar surface area (TPSA) is 66.3 Å². The molecule has 204 valence electrons. The number of pyridine rings is 1. The zero-order valence-corrected chi connectivity index (χ0v) is 23.5. The third kappa shape index (κ3) is 4.36. The van der Waals surface area contributed by atoms with E-state index in [-0.39, 0.29) is 0 Å². The Morgan fingerprint density at radius 1 is 0.744 bits per heavy atom. The molecule has 0 amide bonds. The zero-order chi connectivity index (χ0) is 28.8. The summed E-state index contributed by atoms with van der Waals surface area (Å²) >= 11 is 0. The van der Waals surface area contributed by atoms with Crippen LogP contribution in [0.4, 0.5) is 5.82 Å². The first-order chi connectivity index (χ1) is 21.3. The number of aliphatic imine (C=N–C) groups is 2. The summed E-state index contributed by atoms with van der Waals surface area (Å²) in [6, 6.07) is 37.8. The molecule has 0 bridgehead atoms. The lowest BCUT2D eigenvalue weighted by Gasteiger charge is -2.16. The molecule has 0 aliphatic carbocycles. The first-order valence-corrected chi connectivity index (χ1v) is 14.7. The second-order valence-corrected chi connectivity index (χ2v) is 11.0. The molecule has 0 atom stereocenters. The molecule has 2 aliphatic heterocycles. The summed E-state index contributed by atoms with van der Waals surface area (Å²) in [5.74, 6) is 0.949. The van der Waals surface area contributed by atoms with Crippen LogP contribution in [-0.4, -0.2) is 21.5 Å². The minimum Gasteiger partial charge on any atom is -0.294 e. The number of benzene rings is 4. The van der Waals surface area contributed by atoms with E-state index in [2.05, 4.69) is 102 Å². The number of rotatable bonds is 4. The van der Waals surface area contributed by atoms with Gasteiger partial charge in [0.15, 0.2) is 0 Å². The summed E-state index contributed by atoms with van der Waals surface area (Å²) in [4.78, 5) is 15.0. The number of hydrogen-bond acceptors (Lipinski definition) is 4. The molecule has 0 saturated heterocycles. The van der Waals surface area contributed by atoms with Gasteiger partial charge in [0.25, 0.3) is 0 Å². The average molecular weight is 554 g/mol. The van der Waals surface area contributed by atoms with Crippen LogP contribution in [0.1, 0.15) is 41.6 Å². The Balaban J connectivity index is 1.21. The fourth-order valence-corrected chi connectivity index (χ4v) is 6.40. The van der Waals surface area contributed by atoms with E-state index in [4.69, 9.17) is 15.0 Å². The minimum absolute atomic E-state index is 0.595. The van der Waals surface area contributed by atoms with Crippen LogP contribution in [0.2, 0.25) is 0 Å². The van der Waals surface area contributed by atoms with Crippen molar-refractivity contribution in [1.29, 1.82) is 5.26 Å². The zero-order valence-electron chi connectivity index (χ0n) is 23.5. The van der Waals surface area contributed by atoms with E-state index in [0.717, 1.165) is 76.6 Å². The van der Waals surface area contributed by atoms with Crippen LogP contribution in [0.25, 0.3) is 44.3 Å². The molecule has 2 aromatic heterocycles. The second kappa shape index (κ2) is 10.3. The maximum absolute atomic E-state index is 10.0. The van der Waals surface area contributed by atoms with Gasteiger partial charge in [0.05, 0.1) is 39.9 Å². The first-order valence-electron chi connectivity index (χ1n) is 14.7. The van der Waals surface area contributed by atoms with Gasteiger partial charge in [-0.25, -0.2) is 9.98 Å². The summed E-state index contributed by atoms with van der Waals surface area (Å²) in [6.07, 6.45) is 7.72. The van der Waals surface area contributed by atoms with E-state index >= 15 is 0 Å². The Labute approximate surface area is 249 Å². The van der Waals surface area contributed by atoms with Crippen molar-refractivity contribution in [3.05, 3.63) is 132 Å². The predicted octanol–water partition coefficient (Wildman–Crippen LogP) is 8.99. The normalized spacial score (nSPS) is 14.3. The molecule has 8 rings (SSSR count). The van der Waals surface area contributed by atoms with E-state index in [1.54, 1.807) is 0 Å². The molecular weight excluding hydrogens is 526 g/mol. The van der Waals surface area contributed by atoms with Crippen LogP contribution >= 0.6 is 0 Å². The fourth-order valence-electron chi connectivity index (χ4n) is 6.40. The monoisotopic (exact) mass is 553 g/mol. The van der Waals surface area contributed by atoms with Crippen LogP contribution < -0.4 is 0 Å². The Morgan fingerprint density at radius 3 is 2.49 bits per heavy atom. The summed E-state index contributed by atoms with van der Waals surface area (Å²) in [7, 11) is 0. The van der Waals surface area contributed by atoms with Crippen molar-refractivity contribution < 1.29 is 0 Å². The third-order valence-electron chi connectivity index (χ3n) is 8.37. The van der Waals surface area contributed by atoms with Gasteiger partial charge in [0.2, 0.25) is 0 Å². The highest BCUT2D eigenvalue weighted by Crippen LogP contribution is 2.39. The lowest BCUT2D eigenvalue weighted by molar-refractivity contribution is 0.999. The number of fused-ring (bicyclic) bond motifs is 4. The molecule has 0 spiro atoms. The van der Waals surface area contributed by atoms with Gasteiger partial charge in [-0.3, -0.25) is 9.56 Å². The number of nitrogens with zero attached hydrogens (tertiary/aromatic N) is 5. The summed E-state index contributed by atoms with van der Waals surface area (Å²) in [5, 5.41) is 13.6. The lowest BCUT2D eigenvalue weighted by atomic mass is 9.99. The molecule has 0 radical (unpaired) electrons. The molecule has 2 aliphatic rings. The van der Waals surface area contributed by atoms with Gasteiger partial charge in [-0.1, -0.05) is 72.8 Å². The minimum atomic E-state index is 0.595. The number of aryl methyl sites for hydroxylation is 1. The summed E-state index contributed by atoms with van der Waals surface area (Å²) in [6.45, 7) is 0. The molecule has 0 saturated carbocycles. The Morgan fingerprint density at radius 2 is 1.56 bits per heavy atom. The highest BCUT2D eigenvalue weighted by atomic mass is 15.1. The first kappa shape index (κ1) is 25.1. The van der Waals surface area contributed by atoms with Gasteiger partial charge in [0, 0.05) is 34.0 Å². The molecule has 5 heteroatoms. The van der Waals surface area contributed by atoms with E-state index in [9.17, 15) is 5.26 Å². The molecule has 4 heterocycles. The Hall–Kier alpha value is -5.60. The van der Waals surface area contributed by atoms with Crippen molar-refractivity contribution in [3.8, 4) is 23.0 Å². The number of hydrogen-bond donors (Lipinski definition) is 0. The maximum atomic E-state index is 10.0. The van der Waals surface area contributed by atoms with Gasteiger partial charge in [0.1, 0.15) is 5.82 Å². The molecule has 0 fully saturated rings. The second-order valence-electron chi connectivity index (χ2n) is 11.0. The van der Waals surface area contributed by atoms with Crippen molar-refractivity contribution in [1.82, 2.24) is 9.55 Å². The molecule has 6 aromatic rings. The maximum Gasteiger partial charge on any atom is 0.141 e. The van der Waals surface area contributed by atoms with Crippen LogP contribution in [0.15, 0.2) is 119 Å². The molecule has 0 N–H and O–H groups in total. The summed E-state index contributed by atoms with van der Waals surface area (Å²) in [5.41, 5.74) is 9.55. The molecular formula is C38H27N5. The third-order valence-corrected chi connectivity index (χ3v) is 8.37. The predicted molar refractivity (Wildman–Crippen MR) is 175 cm³/mol. The van der Waals surface area contributed by atoms with Gasteiger partial charge < -0.3 is 0 Å². The van der Waals surface area contributed by atoms with Crippen LogP contribution in [0.5, 0.6) is 0 Å². The number of nitriles is 1. The number of allylic oxidation sites excluding steroid dienone is 1. The van der Waals surface area contributed by atoms with E-state index < -0.39 is 0 Å². The largest absolute Gasteiger partial charge is 0.294 e. The van der Waals surface area contributed by atoms with Crippen LogP contribution in [0.3, 0.4) is 0 Å². The summed E-state index contributed by atoms with van der Waals surface area (Å²) < 4.78 is 2.19. The van der Waals surface area contributed by atoms with Gasteiger partial charge in [-0.15, -0.1) is 0 Å². The Bertz CT molecular complexity index is 2200. The smallest absolute Gasteiger partial charge is 0.141 e. The van der Waals surface area contributed by atoms with Gasteiger partial charge in [-0.2, -0.15) is 5.26 Å². The van der Waals surface area contributed by atoms with Crippen molar-refractivity contribution in [2.75, 3.05) is 0 Å². The van der Waals surface area contributed by atoms with Crippen molar-refractivity contribution >= 4 is 45.1 Å². The average Bonchev–Trinajstić information content (AvgIpc) is 3.42. The van der Waals surface area contributed by atoms with Crippen molar-refractivity contribution in [3.63, 3.8) is 0 Å². The number of aromatic nitrogens is 2. The van der Waals surface area contributed by atoms with E-state index in [1.807, 2.05) is 24.4 Å². The van der Waals surface area contributed by atoms with Crippen LogP contribution in [-0.2, 0) is 6.42 Å². The van der Waals surface area contributed by atoms with Crippen molar-refractivity contribution in [2.24, 2.45) is 9.98 Å². The molecule has 0 unspecified atom stereocenters. The van der Waals surface area contributed by atoms with Crippen LogP contribution in [0, 0.1) is 11.3 Å². The SMILES string of the molecule is N#Cc1cc(C2=CCCC(c3cccc(-c4cccc5ccccc45)n3)=N2)cc(-n2c3c(c4ccccc42)CCC=N3)c1. The molecule has 5 nitrogen and oxygen atoms in total. The standard InChI is InChI=1S/C38H27N5/c39-24-25-21-27(23-28(22-25)43-37-19-4-3-12-31(37)32-14-8-20-40-38(32)43)33-15-6-17-35(41-33)36-18-7-16-34(42-36)30-13-5-10-26-9-1-2-11-29(26)30/h1-5,7,9-13,15-16,18-23H,6,8,14,17H2. The van der Waals surface area contributed by atoms with Gasteiger partial charge >= 0.3 is 0 Å². The Kier molecular flexibility index (Phi) is 6.05. The highest BCUT2D eigenvalue weighted by Gasteiger charge is 2.21. The lowest BCUT2D eigenvalue weighted by Crippen LogP contribution is -2.08. The fraction of sp³-hybridized carbons (Fsp3) is 0.105. The molecule has 4 aromatic carbocycles. The number of para-hydroxylation sites is 1. The van der Waals surface area contributed by atoms with E-state index in [0.29, 0.717) is 5.56 Å². The van der Waals surface area contributed by atoms with Crippen molar-refractivity contribution in [2.45, 2.75) is 25.7 Å².